The zero-order valence-corrected chi connectivity index (χ0v) is 23.0. The Morgan fingerprint density at radius 2 is 1.15 bits per heavy atom. The Morgan fingerprint density at radius 1 is 0.585 bits per heavy atom. The minimum atomic E-state index is -1.59. The summed E-state index contributed by atoms with van der Waals surface area (Å²) in [6.07, 6.45) is -10.2. The number of rotatable bonds is 7. The second-order valence-electron chi connectivity index (χ2n) is 12.4. The molecule has 2 aliphatic carbocycles. The topological polar surface area (TPSA) is 232 Å². The van der Waals surface area contributed by atoms with Gasteiger partial charge in [-0.1, -0.05) is 0 Å². The van der Waals surface area contributed by atoms with E-state index < -0.39 is 86.8 Å². The van der Waals surface area contributed by atoms with Gasteiger partial charge in [-0.2, -0.15) is 0 Å². The first-order valence-electron chi connectivity index (χ1n) is 14.9. The molecule has 3 saturated heterocycles. The second-order valence-corrected chi connectivity index (χ2v) is 12.4. The Balaban J connectivity index is 1.32. The summed E-state index contributed by atoms with van der Waals surface area (Å²) >= 11 is 0. The van der Waals surface area contributed by atoms with Crippen LogP contribution in [0.3, 0.4) is 0 Å². The number of aliphatic hydroxyl groups is 11. The maximum absolute atomic E-state index is 10.6. The molecule has 3 aliphatic heterocycles. The molecule has 0 spiro atoms. The van der Waals surface area contributed by atoms with E-state index in [0.29, 0.717) is 12.3 Å². The summed E-state index contributed by atoms with van der Waals surface area (Å²) in [4.78, 5) is 0. The Morgan fingerprint density at radius 3 is 1.71 bits per heavy atom. The van der Waals surface area contributed by atoms with Crippen LogP contribution in [0.15, 0.2) is 0 Å². The van der Waals surface area contributed by atoms with Gasteiger partial charge in [0.25, 0.3) is 0 Å². The van der Waals surface area contributed by atoms with Crippen molar-refractivity contribution in [1.29, 1.82) is 0 Å². The standard InChI is InChI=1S/C27H46O14/c28-9-18-20(31)22(33)24(35)26(40-18)37-13-7-16-14(5-6-15(38-16)11-1-3-12(30)4-2-11)17(8-13)39-27-25(36)23(34)21(32)19(10-29)41-27/h11-36H,1-10H2/p+1. The fraction of sp³-hybridized carbons (Fsp3) is 1.00. The summed E-state index contributed by atoms with van der Waals surface area (Å²) in [7, 11) is 0. The normalized spacial score (nSPS) is 53.0. The summed E-state index contributed by atoms with van der Waals surface area (Å²) in [5, 5.41) is 91.1. The van der Waals surface area contributed by atoms with Crippen molar-refractivity contribution in [2.45, 2.75) is 143 Å². The molecule has 5 aliphatic rings. The summed E-state index contributed by atoms with van der Waals surface area (Å²) in [6, 6.07) is 0. The monoisotopic (exact) mass is 595 g/mol. The molecule has 3 heterocycles. The minimum absolute atomic E-state index is 0.0811. The summed E-state index contributed by atoms with van der Waals surface area (Å²) in [6.45, 7) is -1.17. The van der Waals surface area contributed by atoms with Gasteiger partial charge < -0.3 is 69.6 Å². The van der Waals surface area contributed by atoms with E-state index in [1.807, 2.05) is 0 Å². The molecule has 41 heavy (non-hydrogen) atoms. The molecule has 0 amide bonds. The Hall–Kier alpha value is -0.560. The highest BCUT2D eigenvalue weighted by Gasteiger charge is 2.53. The van der Waals surface area contributed by atoms with E-state index in [1.165, 1.54) is 0 Å². The lowest BCUT2D eigenvalue weighted by molar-refractivity contribution is -0.348. The predicted molar refractivity (Wildman–Crippen MR) is 137 cm³/mol. The van der Waals surface area contributed by atoms with E-state index in [0.717, 1.165) is 38.5 Å². The van der Waals surface area contributed by atoms with Gasteiger partial charge >= 0.3 is 0 Å². The van der Waals surface area contributed by atoms with E-state index in [2.05, 4.69) is 0 Å². The number of hydrogen-bond donors (Lipinski definition) is 9. The van der Waals surface area contributed by atoms with Crippen molar-refractivity contribution in [1.82, 2.24) is 0 Å². The van der Waals surface area contributed by atoms with Crippen LogP contribution < -0.4 is 0 Å². The van der Waals surface area contributed by atoms with Gasteiger partial charge in [0.05, 0.1) is 37.4 Å². The van der Waals surface area contributed by atoms with E-state index in [9.17, 15) is 46.0 Å². The Labute approximate surface area is 238 Å². The first kappa shape index (κ1) is 31.9. The van der Waals surface area contributed by atoms with E-state index in [-0.39, 0.29) is 30.7 Å². The zero-order chi connectivity index (χ0) is 29.4. The molecular formula is C27H47O14+. The quantitative estimate of drug-likeness (QED) is 0.130. The molecule has 238 valence electrons. The number of ether oxygens (including phenoxy) is 5. The van der Waals surface area contributed by atoms with Crippen LogP contribution in [0.1, 0.15) is 51.4 Å². The highest BCUT2D eigenvalue weighted by Crippen LogP contribution is 2.43. The fourth-order valence-corrected chi connectivity index (χ4v) is 7.29. The molecule has 15 atom stereocenters. The van der Waals surface area contributed by atoms with Crippen LogP contribution in [0.5, 0.6) is 0 Å². The van der Waals surface area contributed by atoms with Crippen molar-refractivity contribution in [3.05, 3.63) is 0 Å². The molecule has 0 aromatic heterocycles. The Kier molecular flexibility index (Phi) is 10.6. The molecule has 2 saturated carbocycles. The van der Waals surface area contributed by atoms with Crippen molar-refractivity contribution in [3.63, 3.8) is 0 Å². The van der Waals surface area contributed by atoms with Crippen molar-refractivity contribution in [3.8, 4) is 0 Å². The lowest BCUT2D eigenvalue weighted by Gasteiger charge is -2.48. The lowest BCUT2D eigenvalue weighted by Crippen LogP contribution is -2.62. The average molecular weight is 596 g/mol. The number of aliphatic hydroxyl groups excluding tert-OH is 9. The van der Waals surface area contributed by atoms with Crippen LogP contribution in [0.4, 0.5) is 0 Å². The minimum Gasteiger partial charge on any atom is -0.429 e. The van der Waals surface area contributed by atoms with Gasteiger partial charge in [-0.25, -0.2) is 0 Å². The number of hydrogen-bond acceptors (Lipinski definition) is 13. The molecule has 5 rings (SSSR count). The van der Waals surface area contributed by atoms with Gasteiger partial charge in [0, 0.05) is 25.2 Å². The highest BCUT2D eigenvalue weighted by molar-refractivity contribution is 4.96. The molecule has 10 N–H and O–H groups in total. The van der Waals surface area contributed by atoms with Gasteiger partial charge in [0.2, 0.25) is 0 Å². The molecule has 5 fully saturated rings. The van der Waals surface area contributed by atoms with E-state index in [1.54, 1.807) is 0 Å². The van der Waals surface area contributed by atoms with Gasteiger partial charge in [-0.05, 0) is 32.1 Å². The maximum atomic E-state index is 10.6. The fourth-order valence-electron chi connectivity index (χ4n) is 7.29. The Bertz CT molecular complexity index is 824. The zero-order valence-electron chi connectivity index (χ0n) is 23.0. The van der Waals surface area contributed by atoms with Crippen molar-refractivity contribution in [2.75, 3.05) is 13.2 Å². The van der Waals surface area contributed by atoms with Crippen LogP contribution in [-0.4, -0.2) is 156 Å². The second kappa shape index (κ2) is 13.6. The largest absolute Gasteiger partial charge is 0.429 e. The molecule has 0 bridgehead atoms. The van der Waals surface area contributed by atoms with Crippen molar-refractivity contribution < 1.29 is 69.6 Å². The first-order valence-corrected chi connectivity index (χ1v) is 14.9. The van der Waals surface area contributed by atoms with Crippen LogP contribution in [0.2, 0.25) is 0 Å². The first-order chi connectivity index (χ1) is 19.6. The molecule has 0 aromatic carbocycles. The summed E-state index contributed by atoms with van der Waals surface area (Å²) in [5.41, 5.74) is 0. The molecular weight excluding hydrogens is 548 g/mol. The van der Waals surface area contributed by atoms with Crippen molar-refractivity contribution >= 4 is 0 Å². The third-order valence-corrected chi connectivity index (χ3v) is 9.77. The molecule has 14 nitrogen and oxygen atoms in total. The average Bonchev–Trinajstić information content (AvgIpc) is 2.97. The SMILES string of the molecule is OCC1OC(OC2CC(OC3OC(CO)C(O)C(O)C3O)C3CCC(C4CCC(O)CC4)[OH+]C3C2)C(O)C(O)C1O. The lowest BCUT2D eigenvalue weighted by atomic mass is 9.74. The number of fused-ring (bicyclic) bond motifs is 1. The van der Waals surface area contributed by atoms with Crippen molar-refractivity contribution in [2.24, 2.45) is 11.8 Å². The smallest absolute Gasteiger partial charge is 0.186 e. The van der Waals surface area contributed by atoms with Gasteiger partial charge in [-0.3, -0.25) is 0 Å². The van der Waals surface area contributed by atoms with Crippen LogP contribution >= 0.6 is 0 Å². The third kappa shape index (κ3) is 6.76. The summed E-state index contributed by atoms with van der Waals surface area (Å²) < 4.78 is 28.7. The van der Waals surface area contributed by atoms with Crippen LogP contribution in [0.25, 0.3) is 0 Å². The highest BCUT2D eigenvalue weighted by atomic mass is 16.7. The molecule has 0 aromatic rings. The van der Waals surface area contributed by atoms with Gasteiger partial charge in [0.1, 0.15) is 48.8 Å². The molecule has 15 unspecified atom stereocenters. The maximum Gasteiger partial charge on any atom is 0.186 e. The van der Waals surface area contributed by atoms with E-state index >= 15 is 0 Å². The van der Waals surface area contributed by atoms with Gasteiger partial charge in [-0.15, -0.1) is 0 Å². The molecule has 14 heteroatoms. The van der Waals surface area contributed by atoms with Gasteiger partial charge in [0.15, 0.2) is 24.8 Å². The predicted octanol–water partition coefficient (Wildman–Crippen LogP) is -3.62. The molecule has 0 radical (unpaired) electrons. The van der Waals surface area contributed by atoms with Crippen LogP contribution in [0, 0.1) is 11.8 Å². The third-order valence-electron chi connectivity index (χ3n) is 9.77. The van der Waals surface area contributed by atoms with Crippen LogP contribution in [-0.2, 0) is 18.9 Å². The van der Waals surface area contributed by atoms with E-state index in [4.69, 9.17) is 23.7 Å². The summed E-state index contributed by atoms with van der Waals surface area (Å²) in [5.74, 6) is 0.276.